The SMILES string of the molecule is COC(=O)[C@]1(C)[C@@H](O)CC[C@@]2(C)c3cc4c5ccccc5n(-n5c6ccccc6c6cc7c(cc65)CC[C@@H]5[C@](C)(C(=O)O)[C@@H](O)CC[C@]75C)c4cc3CC[C@@H]12. The van der Waals surface area contributed by atoms with E-state index in [2.05, 4.69) is 96.0 Å². The van der Waals surface area contributed by atoms with Gasteiger partial charge in [0.1, 0.15) is 0 Å². The number of carboxylic acid groups (broad SMARTS) is 1. The number of aromatic nitrogens is 2. The zero-order valence-corrected chi connectivity index (χ0v) is 32.4. The molecule has 4 aliphatic rings. The van der Waals surface area contributed by atoms with E-state index in [9.17, 15) is 24.9 Å². The number of aliphatic carboxylic acids is 1. The normalized spacial score (nSPS) is 32.9. The van der Waals surface area contributed by atoms with E-state index in [0.29, 0.717) is 19.3 Å². The van der Waals surface area contributed by atoms with Crippen molar-refractivity contribution in [2.45, 2.75) is 102 Å². The van der Waals surface area contributed by atoms with E-state index in [-0.39, 0.29) is 28.6 Å². The number of fused-ring (bicyclic) bond motifs is 12. The fourth-order valence-electron chi connectivity index (χ4n) is 12.9. The Morgan fingerprint density at radius 2 is 1.05 bits per heavy atom. The molecule has 3 N–H and O–H groups in total. The van der Waals surface area contributed by atoms with Gasteiger partial charge in [-0.3, -0.25) is 9.59 Å². The predicted molar refractivity (Wildman–Crippen MR) is 214 cm³/mol. The van der Waals surface area contributed by atoms with Crippen molar-refractivity contribution in [3.63, 3.8) is 0 Å². The number of aliphatic hydroxyl groups excluding tert-OH is 2. The number of methoxy groups -OCH3 is 1. The first-order valence-electron chi connectivity index (χ1n) is 20.1. The molecule has 55 heavy (non-hydrogen) atoms. The third-order valence-electron chi connectivity index (χ3n) is 15.9. The average molecular weight is 739 g/mol. The Morgan fingerprint density at radius 3 is 1.51 bits per heavy atom. The number of esters is 1. The Kier molecular flexibility index (Phi) is 7.25. The summed E-state index contributed by atoms with van der Waals surface area (Å²) in [6.45, 7) is 8.19. The number of hydrogen-bond acceptors (Lipinski definition) is 5. The summed E-state index contributed by atoms with van der Waals surface area (Å²) in [6, 6.07) is 26.7. The molecule has 0 bridgehead atoms. The molecule has 4 aromatic carbocycles. The molecule has 8 nitrogen and oxygen atoms in total. The van der Waals surface area contributed by atoms with Crippen LogP contribution in [0.3, 0.4) is 0 Å². The Hall–Kier alpha value is -4.66. The van der Waals surface area contributed by atoms with E-state index in [0.717, 1.165) is 75.7 Å². The summed E-state index contributed by atoms with van der Waals surface area (Å²) in [6.07, 6.45) is 3.98. The smallest absolute Gasteiger partial charge is 0.314 e. The van der Waals surface area contributed by atoms with E-state index in [1.807, 2.05) is 6.92 Å². The molecular formula is C47H50N2O6. The van der Waals surface area contributed by atoms with Gasteiger partial charge in [0, 0.05) is 21.5 Å². The highest BCUT2D eigenvalue weighted by Gasteiger charge is 2.61. The van der Waals surface area contributed by atoms with Crippen molar-refractivity contribution in [3.8, 4) is 0 Å². The van der Waals surface area contributed by atoms with E-state index < -0.39 is 29.0 Å². The number of aryl methyl sites for hydroxylation is 2. The third-order valence-corrected chi connectivity index (χ3v) is 15.9. The van der Waals surface area contributed by atoms with Gasteiger partial charge in [0.2, 0.25) is 0 Å². The highest BCUT2D eigenvalue weighted by atomic mass is 16.5. The minimum atomic E-state index is -1.21. The number of aliphatic hydroxyl groups is 2. The first kappa shape index (κ1) is 34.8. The molecule has 8 heteroatoms. The summed E-state index contributed by atoms with van der Waals surface area (Å²) in [4.78, 5) is 26.2. The van der Waals surface area contributed by atoms with Gasteiger partial charge in [-0.25, -0.2) is 9.35 Å². The number of ether oxygens (including phenoxy) is 1. The Bertz CT molecular complexity index is 2640. The van der Waals surface area contributed by atoms with Gasteiger partial charge >= 0.3 is 11.9 Å². The monoisotopic (exact) mass is 738 g/mol. The van der Waals surface area contributed by atoms with Crippen molar-refractivity contribution in [1.29, 1.82) is 0 Å². The lowest BCUT2D eigenvalue weighted by Crippen LogP contribution is -2.58. The van der Waals surface area contributed by atoms with Crippen LogP contribution >= 0.6 is 0 Å². The number of benzene rings is 4. The van der Waals surface area contributed by atoms with Crippen molar-refractivity contribution in [2.24, 2.45) is 22.7 Å². The molecule has 0 aliphatic heterocycles. The molecule has 8 atom stereocenters. The lowest BCUT2D eigenvalue weighted by atomic mass is 9.49. The molecule has 4 aliphatic carbocycles. The van der Waals surface area contributed by atoms with Crippen LogP contribution in [0.4, 0.5) is 0 Å². The highest BCUT2D eigenvalue weighted by Crippen LogP contribution is 2.60. The minimum Gasteiger partial charge on any atom is -0.481 e. The van der Waals surface area contributed by atoms with Crippen molar-refractivity contribution in [2.75, 3.05) is 7.11 Å². The standard InChI is InChI=1S/C47H50N2O6/c1-44-20-18-40(50)46(3,42(52)53)38(44)16-14-26-22-36-30(24-32(26)44)28-10-6-8-12-34(28)48(36)49-35-13-9-7-11-29(35)31-25-33-27(23-37(31)49)15-17-39-45(33,2)21-19-41(51)47(39,4)43(54)55-5/h6-13,22-25,38-41,50-51H,14-21H2,1-5H3,(H,52,53)/t38-,39+,40-,41-,44+,45-,46-,47-/m0/s1. The van der Waals surface area contributed by atoms with E-state index in [4.69, 9.17) is 4.74 Å². The third kappa shape index (κ3) is 4.25. The van der Waals surface area contributed by atoms with Crippen LogP contribution in [-0.4, -0.2) is 55.9 Å². The van der Waals surface area contributed by atoms with Gasteiger partial charge in [-0.2, -0.15) is 0 Å². The molecule has 0 spiro atoms. The number of carbonyl (C=O) groups excluding carboxylic acids is 1. The van der Waals surface area contributed by atoms with E-state index in [1.54, 1.807) is 6.92 Å². The number of rotatable bonds is 3. The molecule has 0 unspecified atom stereocenters. The molecule has 284 valence electrons. The molecule has 2 aromatic heterocycles. The fourth-order valence-corrected chi connectivity index (χ4v) is 12.9. The highest BCUT2D eigenvalue weighted by molar-refractivity contribution is 6.12. The summed E-state index contributed by atoms with van der Waals surface area (Å²) >= 11 is 0. The van der Waals surface area contributed by atoms with Crippen molar-refractivity contribution < 1.29 is 29.6 Å². The van der Waals surface area contributed by atoms with Crippen LogP contribution in [0, 0.1) is 22.7 Å². The number of para-hydroxylation sites is 2. The van der Waals surface area contributed by atoms with Gasteiger partial charge in [0.15, 0.2) is 0 Å². The molecular weight excluding hydrogens is 689 g/mol. The Morgan fingerprint density at radius 1 is 0.618 bits per heavy atom. The van der Waals surface area contributed by atoms with Crippen molar-refractivity contribution in [3.05, 3.63) is 95.1 Å². The molecule has 0 amide bonds. The number of hydrogen-bond donors (Lipinski definition) is 3. The molecule has 6 aromatic rings. The van der Waals surface area contributed by atoms with Gasteiger partial charge in [-0.15, -0.1) is 0 Å². The van der Waals surface area contributed by atoms with Crippen LogP contribution in [0.15, 0.2) is 72.8 Å². The summed E-state index contributed by atoms with van der Waals surface area (Å²) < 4.78 is 10.1. The van der Waals surface area contributed by atoms with Crippen LogP contribution in [0.2, 0.25) is 0 Å². The average Bonchev–Trinajstić information content (AvgIpc) is 3.67. The summed E-state index contributed by atoms with van der Waals surface area (Å²) in [7, 11) is 1.43. The van der Waals surface area contributed by atoms with Gasteiger partial charge in [-0.1, -0.05) is 50.2 Å². The summed E-state index contributed by atoms with van der Waals surface area (Å²) in [5.74, 6) is -1.47. The zero-order valence-electron chi connectivity index (χ0n) is 32.4. The van der Waals surface area contributed by atoms with Gasteiger partial charge in [-0.05, 0) is 147 Å². The summed E-state index contributed by atoms with van der Waals surface area (Å²) in [5, 5.41) is 37.5. The number of nitrogens with zero attached hydrogens (tertiary/aromatic N) is 2. The topological polar surface area (TPSA) is 114 Å². The zero-order chi connectivity index (χ0) is 38.4. The maximum absolute atomic E-state index is 13.4. The number of carboxylic acids is 1. The first-order valence-corrected chi connectivity index (χ1v) is 20.1. The molecule has 2 heterocycles. The molecule has 2 fully saturated rings. The Balaban J connectivity index is 1.21. The van der Waals surface area contributed by atoms with Gasteiger partial charge < -0.3 is 20.1 Å². The molecule has 2 saturated carbocycles. The van der Waals surface area contributed by atoms with Gasteiger partial charge in [0.25, 0.3) is 0 Å². The molecule has 0 radical (unpaired) electrons. The largest absolute Gasteiger partial charge is 0.481 e. The minimum absolute atomic E-state index is 0.0553. The first-order chi connectivity index (χ1) is 26.3. The maximum atomic E-state index is 13.4. The Labute approximate surface area is 320 Å². The van der Waals surface area contributed by atoms with Crippen LogP contribution in [0.25, 0.3) is 43.6 Å². The predicted octanol–water partition coefficient (Wildman–Crippen LogP) is 8.43. The van der Waals surface area contributed by atoms with Crippen LogP contribution in [0.5, 0.6) is 0 Å². The van der Waals surface area contributed by atoms with Crippen LogP contribution in [0.1, 0.15) is 88.5 Å². The van der Waals surface area contributed by atoms with Crippen LogP contribution in [-0.2, 0) is 38.0 Å². The lowest BCUT2D eigenvalue weighted by molar-refractivity contribution is -0.175. The quantitative estimate of drug-likeness (QED) is 0.157. The van der Waals surface area contributed by atoms with Crippen molar-refractivity contribution in [1.82, 2.24) is 9.35 Å². The fraction of sp³-hybridized carbons (Fsp3) is 0.447. The molecule has 0 saturated heterocycles. The number of carbonyl (C=O) groups is 2. The van der Waals surface area contributed by atoms with Crippen LogP contribution < -0.4 is 0 Å². The van der Waals surface area contributed by atoms with E-state index in [1.165, 1.54) is 29.4 Å². The van der Waals surface area contributed by atoms with E-state index >= 15 is 0 Å². The molecule has 10 rings (SSSR count). The van der Waals surface area contributed by atoms with Gasteiger partial charge in [0.05, 0.1) is 52.2 Å². The summed E-state index contributed by atoms with van der Waals surface area (Å²) in [5.41, 5.74) is 6.59. The van der Waals surface area contributed by atoms with Crippen molar-refractivity contribution >= 4 is 55.6 Å². The second-order valence-corrected chi connectivity index (χ2v) is 18.2. The maximum Gasteiger partial charge on any atom is 0.314 e. The second-order valence-electron chi connectivity index (χ2n) is 18.2. The lowest BCUT2D eigenvalue weighted by Gasteiger charge is -2.55. The second kappa shape index (κ2) is 11.5.